The van der Waals surface area contributed by atoms with Crippen LogP contribution in [0.1, 0.15) is 43.6 Å². The number of anilines is 1. The van der Waals surface area contributed by atoms with Gasteiger partial charge in [-0.3, -0.25) is 9.59 Å². The van der Waals surface area contributed by atoms with Crippen molar-refractivity contribution >= 4 is 22.4 Å². The molecule has 0 fully saturated rings. The number of hydrogen-bond acceptors (Lipinski definition) is 6. The molecule has 0 bridgehead atoms. The minimum Gasteiger partial charge on any atom is -0.478 e. The van der Waals surface area contributed by atoms with Gasteiger partial charge in [-0.1, -0.05) is 12.1 Å². The lowest BCUT2D eigenvalue weighted by molar-refractivity contribution is -0.113. The van der Waals surface area contributed by atoms with Gasteiger partial charge in [0.25, 0.3) is 0 Å². The smallest absolute Gasteiger partial charge is 0.219 e. The largest absolute Gasteiger partial charge is 0.478 e. The van der Waals surface area contributed by atoms with Gasteiger partial charge in [0, 0.05) is 40.3 Å². The summed E-state index contributed by atoms with van der Waals surface area (Å²) in [5, 5.41) is 3.79. The highest BCUT2D eigenvalue weighted by Gasteiger charge is 2.35. The van der Waals surface area contributed by atoms with Gasteiger partial charge in [-0.05, 0) is 39.8 Å². The fourth-order valence-electron chi connectivity index (χ4n) is 4.05. The van der Waals surface area contributed by atoms with E-state index in [-0.39, 0.29) is 11.2 Å². The molecule has 1 unspecified atom stereocenters. The van der Waals surface area contributed by atoms with E-state index < -0.39 is 5.92 Å². The molecule has 3 heterocycles. The maximum absolute atomic E-state index is 12.7. The van der Waals surface area contributed by atoms with Crippen molar-refractivity contribution in [2.45, 2.75) is 33.6 Å². The number of ether oxygens (including phenoxy) is 1. The van der Waals surface area contributed by atoms with Crippen molar-refractivity contribution in [3.8, 4) is 5.88 Å². The summed E-state index contributed by atoms with van der Waals surface area (Å²) in [6.45, 7) is 7.49. The molecule has 1 aliphatic rings. The number of carbonyl (C=O) groups is 1. The average molecular weight is 390 g/mol. The van der Waals surface area contributed by atoms with E-state index in [1.165, 1.54) is 6.07 Å². The normalized spacial score (nSPS) is 15.8. The predicted octanol–water partition coefficient (Wildman–Crippen LogP) is 4.32. The lowest BCUT2D eigenvalue weighted by atomic mass is 9.79. The van der Waals surface area contributed by atoms with Crippen molar-refractivity contribution in [3.05, 3.63) is 74.9 Å². The van der Waals surface area contributed by atoms with Crippen LogP contribution in [0.3, 0.4) is 0 Å². The van der Waals surface area contributed by atoms with E-state index in [0.717, 1.165) is 22.5 Å². The monoisotopic (exact) mass is 390 g/mol. The molecule has 29 heavy (non-hydrogen) atoms. The Morgan fingerprint density at radius 1 is 1.28 bits per heavy atom. The summed E-state index contributed by atoms with van der Waals surface area (Å²) in [4.78, 5) is 29.6. The zero-order valence-corrected chi connectivity index (χ0v) is 16.8. The molecule has 148 valence electrons. The highest BCUT2D eigenvalue weighted by Crippen LogP contribution is 2.47. The number of para-hydroxylation sites is 1. The number of allylic oxidation sites excluding steroid dienone is 2. The molecule has 0 radical (unpaired) electrons. The SMILES string of the molecule is CCOc1nccc2c1C(c1cccc3c(=O)cc(C)oc13)C(C(C)=O)=C(C)N2. The summed E-state index contributed by atoms with van der Waals surface area (Å²) in [7, 11) is 0. The maximum Gasteiger partial charge on any atom is 0.219 e. The Balaban J connectivity index is 2.11. The van der Waals surface area contributed by atoms with Crippen molar-refractivity contribution in [1.82, 2.24) is 4.98 Å². The molecule has 1 aromatic carbocycles. The van der Waals surface area contributed by atoms with E-state index in [4.69, 9.17) is 9.15 Å². The Morgan fingerprint density at radius 3 is 2.79 bits per heavy atom. The van der Waals surface area contributed by atoms with Crippen LogP contribution in [0.4, 0.5) is 5.69 Å². The van der Waals surface area contributed by atoms with Gasteiger partial charge in [0.1, 0.15) is 11.3 Å². The van der Waals surface area contributed by atoms with Crippen LogP contribution in [0, 0.1) is 6.92 Å². The number of fused-ring (bicyclic) bond motifs is 2. The highest BCUT2D eigenvalue weighted by atomic mass is 16.5. The lowest BCUT2D eigenvalue weighted by Crippen LogP contribution is -2.23. The van der Waals surface area contributed by atoms with Crippen molar-refractivity contribution in [3.63, 3.8) is 0 Å². The number of ketones is 1. The molecule has 4 rings (SSSR count). The van der Waals surface area contributed by atoms with E-state index >= 15 is 0 Å². The van der Waals surface area contributed by atoms with Crippen LogP contribution < -0.4 is 15.5 Å². The summed E-state index contributed by atoms with van der Waals surface area (Å²) >= 11 is 0. The van der Waals surface area contributed by atoms with Crippen LogP contribution in [0.5, 0.6) is 5.88 Å². The van der Waals surface area contributed by atoms with E-state index in [1.807, 2.05) is 32.0 Å². The second kappa shape index (κ2) is 7.20. The fraction of sp³-hybridized carbons (Fsp3) is 0.261. The Morgan fingerprint density at radius 2 is 2.07 bits per heavy atom. The van der Waals surface area contributed by atoms with E-state index in [2.05, 4.69) is 10.3 Å². The average Bonchev–Trinajstić information content (AvgIpc) is 2.66. The highest BCUT2D eigenvalue weighted by molar-refractivity contribution is 6.00. The third-order valence-corrected chi connectivity index (χ3v) is 5.14. The first-order valence-electron chi connectivity index (χ1n) is 9.56. The zero-order valence-electron chi connectivity index (χ0n) is 16.8. The molecule has 1 aliphatic heterocycles. The first kappa shape index (κ1) is 18.9. The molecule has 0 saturated heterocycles. The molecular weight excluding hydrogens is 368 g/mol. The van der Waals surface area contributed by atoms with Crippen molar-refractivity contribution in [1.29, 1.82) is 0 Å². The van der Waals surface area contributed by atoms with Gasteiger partial charge in [0.15, 0.2) is 11.2 Å². The summed E-state index contributed by atoms with van der Waals surface area (Å²) in [6.07, 6.45) is 1.67. The molecule has 0 spiro atoms. The van der Waals surface area contributed by atoms with Crippen LogP contribution >= 0.6 is 0 Å². The topological polar surface area (TPSA) is 81.4 Å². The molecule has 6 heteroatoms. The summed E-state index contributed by atoms with van der Waals surface area (Å²) < 4.78 is 11.8. The molecule has 0 aliphatic carbocycles. The van der Waals surface area contributed by atoms with Crippen LogP contribution in [-0.4, -0.2) is 17.4 Å². The van der Waals surface area contributed by atoms with Gasteiger partial charge >= 0.3 is 0 Å². The second-order valence-electron chi connectivity index (χ2n) is 7.11. The molecule has 0 saturated carbocycles. The Kier molecular flexibility index (Phi) is 4.70. The summed E-state index contributed by atoms with van der Waals surface area (Å²) in [6, 6.07) is 8.78. The van der Waals surface area contributed by atoms with Gasteiger partial charge < -0.3 is 14.5 Å². The molecule has 3 aromatic rings. The molecule has 2 aromatic heterocycles. The number of nitrogens with one attached hydrogen (secondary N) is 1. The number of hydrogen-bond donors (Lipinski definition) is 1. The van der Waals surface area contributed by atoms with Crippen LogP contribution in [0.15, 0.2) is 57.0 Å². The quantitative estimate of drug-likeness (QED) is 0.715. The number of carbonyl (C=O) groups excluding carboxylic acids is 1. The summed E-state index contributed by atoms with van der Waals surface area (Å²) in [5.41, 5.74) is 4.06. The number of Topliss-reactive ketones (excluding diaryl/α,β-unsaturated/α-hetero) is 1. The Bertz CT molecular complexity index is 1220. The number of rotatable bonds is 4. The molecule has 1 atom stereocenters. The third kappa shape index (κ3) is 3.10. The molecule has 0 amide bonds. The van der Waals surface area contributed by atoms with Crippen LogP contribution in [0.25, 0.3) is 11.0 Å². The minimum atomic E-state index is -0.465. The van der Waals surface area contributed by atoms with Gasteiger partial charge in [-0.25, -0.2) is 4.98 Å². The number of benzene rings is 1. The molecule has 1 N–H and O–H groups in total. The summed E-state index contributed by atoms with van der Waals surface area (Å²) in [5.74, 6) is 0.447. The number of aryl methyl sites for hydroxylation is 1. The van der Waals surface area contributed by atoms with Gasteiger partial charge in [0.05, 0.1) is 17.9 Å². The lowest BCUT2D eigenvalue weighted by Gasteiger charge is -2.31. The van der Waals surface area contributed by atoms with E-state index in [0.29, 0.717) is 34.8 Å². The third-order valence-electron chi connectivity index (χ3n) is 5.14. The maximum atomic E-state index is 12.7. The number of pyridine rings is 1. The van der Waals surface area contributed by atoms with Crippen molar-refractivity contribution < 1.29 is 13.9 Å². The standard InChI is InChI=1S/C23H22N2O4/c1-5-28-23-21-17(9-10-24-23)25-13(3)19(14(4)26)20(21)16-8-6-7-15-18(27)11-12(2)29-22(15)16/h6-11,20,25H,5H2,1-4H3. The van der Waals surface area contributed by atoms with Gasteiger partial charge in [-0.2, -0.15) is 0 Å². The molecule has 6 nitrogen and oxygen atoms in total. The van der Waals surface area contributed by atoms with Crippen LogP contribution in [0.2, 0.25) is 0 Å². The van der Waals surface area contributed by atoms with Crippen LogP contribution in [-0.2, 0) is 4.79 Å². The predicted molar refractivity (Wildman–Crippen MR) is 111 cm³/mol. The first-order valence-corrected chi connectivity index (χ1v) is 9.56. The number of aromatic nitrogens is 1. The Labute approximate surface area is 168 Å². The van der Waals surface area contributed by atoms with E-state index in [9.17, 15) is 9.59 Å². The van der Waals surface area contributed by atoms with Crippen molar-refractivity contribution in [2.75, 3.05) is 11.9 Å². The minimum absolute atomic E-state index is 0.0658. The first-order chi connectivity index (χ1) is 13.9. The Hall–Kier alpha value is -3.41. The zero-order chi connectivity index (χ0) is 20.7. The fourth-order valence-corrected chi connectivity index (χ4v) is 4.05. The van der Waals surface area contributed by atoms with Gasteiger partial charge in [-0.15, -0.1) is 0 Å². The number of nitrogens with zero attached hydrogens (tertiary/aromatic N) is 1. The van der Waals surface area contributed by atoms with Crippen molar-refractivity contribution in [2.24, 2.45) is 0 Å². The van der Waals surface area contributed by atoms with Gasteiger partial charge in [0.2, 0.25) is 5.88 Å². The second-order valence-corrected chi connectivity index (χ2v) is 7.11. The molecular formula is C23H22N2O4. The van der Waals surface area contributed by atoms with E-state index in [1.54, 1.807) is 26.1 Å².